The van der Waals surface area contributed by atoms with Crippen LogP contribution in [0.5, 0.6) is 5.88 Å². The predicted molar refractivity (Wildman–Crippen MR) is 133 cm³/mol. The summed E-state index contributed by atoms with van der Waals surface area (Å²) in [6.45, 7) is 6.37. The molecule has 0 aromatic carbocycles. The molecule has 4 rings (SSSR count). The summed E-state index contributed by atoms with van der Waals surface area (Å²) in [5, 5.41) is 1.65. The number of H-pyrrole nitrogens is 1. The number of hydrogen-bond acceptors (Lipinski definition) is 6. The van der Waals surface area contributed by atoms with Crippen LogP contribution >= 0.6 is 11.6 Å². The zero-order valence-corrected chi connectivity index (χ0v) is 20.4. The Morgan fingerprint density at radius 1 is 1.15 bits per heavy atom. The number of pyridine rings is 2. The van der Waals surface area contributed by atoms with Gasteiger partial charge >= 0.3 is 0 Å². The van der Waals surface area contributed by atoms with Crippen molar-refractivity contribution < 1.29 is 4.74 Å². The Hall–Kier alpha value is -3.19. The number of anilines is 1. The van der Waals surface area contributed by atoms with E-state index in [1.807, 2.05) is 32.3 Å². The first-order valence-corrected chi connectivity index (χ1v) is 11.5. The third-order valence-corrected chi connectivity index (χ3v) is 6.26. The van der Waals surface area contributed by atoms with Crippen LogP contribution in [0.1, 0.15) is 43.5 Å². The Morgan fingerprint density at radius 3 is 2.70 bits per heavy atom. The average Bonchev–Trinajstić information content (AvgIpc) is 3.21. The summed E-state index contributed by atoms with van der Waals surface area (Å²) < 4.78 is 5.60. The lowest BCUT2D eigenvalue weighted by molar-refractivity contribution is 0.398. The van der Waals surface area contributed by atoms with Gasteiger partial charge in [-0.3, -0.25) is 4.98 Å². The van der Waals surface area contributed by atoms with Gasteiger partial charge in [0, 0.05) is 49.2 Å². The van der Waals surface area contributed by atoms with Crippen LogP contribution in [0.15, 0.2) is 36.8 Å². The number of nitrogens with zero attached hydrogens (tertiary/aromatic N) is 5. The fourth-order valence-corrected chi connectivity index (χ4v) is 4.14. The monoisotopic (exact) mass is 464 g/mol. The molecule has 0 aliphatic heterocycles. The number of methoxy groups -OCH3 is 1. The molecule has 1 unspecified atom stereocenters. The molecule has 0 aliphatic rings. The van der Waals surface area contributed by atoms with Gasteiger partial charge in [0.25, 0.3) is 0 Å². The molecule has 0 fully saturated rings. The number of aromatic amines is 1. The zero-order chi connectivity index (χ0) is 23.5. The van der Waals surface area contributed by atoms with E-state index in [0.29, 0.717) is 22.9 Å². The summed E-state index contributed by atoms with van der Waals surface area (Å²) in [7, 11) is 3.64. The molecular formula is C25H29ClN6O. The SMILES string of the molecule is CCCC(C)N(C)c1ncc(-c2ccc(Cc3c[nH]c4ncc(Cl)cc34)c(C)n2)c(OC)n1. The van der Waals surface area contributed by atoms with Gasteiger partial charge in [0.2, 0.25) is 11.8 Å². The number of aryl methyl sites for hydroxylation is 1. The first-order chi connectivity index (χ1) is 15.9. The molecule has 1 atom stereocenters. The highest BCUT2D eigenvalue weighted by molar-refractivity contribution is 6.31. The number of nitrogens with one attached hydrogen (secondary N) is 1. The van der Waals surface area contributed by atoms with E-state index in [1.54, 1.807) is 19.5 Å². The topological polar surface area (TPSA) is 79.8 Å². The Kier molecular flexibility index (Phi) is 6.79. The number of fused-ring (bicyclic) bond motifs is 1. The van der Waals surface area contributed by atoms with Gasteiger partial charge in [-0.25, -0.2) is 9.97 Å². The van der Waals surface area contributed by atoms with Gasteiger partial charge in [0.1, 0.15) is 5.65 Å². The van der Waals surface area contributed by atoms with Crippen molar-refractivity contribution in [3.8, 4) is 17.1 Å². The number of halogens is 1. The summed E-state index contributed by atoms with van der Waals surface area (Å²) >= 11 is 6.15. The Labute approximate surface area is 199 Å². The van der Waals surface area contributed by atoms with Gasteiger partial charge in [-0.05, 0) is 43.5 Å². The minimum absolute atomic E-state index is 0.347. The summed E-state index contributed by atoms with van der Waals surface area (Å²) in [4.78, 5) is 23.7. The first kappa shape index (κ1) is 23.0. The van der Waals surface area contributed by atoms with Gasteiger partial charge in [-0.1, -0.05) is 31.0 Å². The zero-order valence-electron chi connectivity index (χ0n) is 19.7. The summed E-state index contributed by atoms with van der Waals surface area (Å²) in [5.41, 5.74) is 5.59. The molecule has 1 N–H and O–H groups in total. The molecule has 0 saturated heterocycles. The van der Waals surface area contributed by atoms with E-state index in [2.05, 4.69) is 44.7 Å². The molecule has 0 spiro atoms. The van der Waals surface area contributed by atoms with E-state index >= 15 is 0 Å². The van der Waals surface area contributed by atoms with E-state index in [4.69, 9.17) is 21.3 Å². The van der Waals surface area contributed by atoms with Crippen molar-refractivity contribution in [2.45, 2.75) is 46.1 Å². The lowest BCUT2D eigenvalue weighted by Crippen LogP contribution is -2.30. The Bertz CT molecular complexity index is 1270. The van der Waals surface area contributed by atoms with Crippen LogP contribution in [0.4, 0.5) is 5.95 Å². The predicted octanol–water partition coefficient (Wildman–Crippen LogP) is 5.60. The second-order valence-corrected chi connectivity index (χ2v) is 8.76. The van der Waals surface area contributed by atoms with Crippen LogP contribution in [-0.2, 0) is 6.42 Å². The highest BCUT2D eigenvalue weighted by Gasteiger charge is 2.17. The average molecular weight is 465 g/mol. The number of hydrogen-bond donors (Lipinski definition) is 1. The molecule has 8 heteroatoms. The summed E-state index contributed by atoms with van der Waals surface area (Å²) in [6.07, 6.45) is 8.34. The molecule has 0 amide bonds. The molecule has 4 aromatic rings. The Morgan fingerprint density at radius 2 is 1.97 bits per heavy atom. The van der Waals surface area contributed by atoms with E-state index in [9.17, 15) is 0 Å². The minimum Gasteiger partial charge on any atom is -0.480 e. The lowest BCUT2D eigenvalue weighted by Gasteiger charge is -2.25. The molecule has 0 radical (unpaired) electrons. The van der Waals surface area contributed by atoms with E-state index in [1.165, 1.54) is 0 Å². The molecule has 0 saturated carbocycles. The van der Waals surface area contributed by atoms with Crippen molar-refractivity contribution >= 4 is 28.6 Å². The number of rotatable bonds is 8. The van der Waals surface area contributed by atoms with Gasteiger partial charge in [-0.15, -0.1) is 0 Å². The lowest BCUT2D eigenvalue weighted by atomic mass is 10.0. The van der Waals surface area contributed by atoms with Crippen molar-refractivity contribution in [2.75, 3.05) is 19.1 Å². The molecule has 4 aromatic heterocycles. The normalized spacial score (nSPS) is 12.2. The molecule has 172 valence electrons. The molecule has 0 aliphatic carbocycles. The van der Waals surface area contributed by atoms with E-state index in [-0.39, 0.29) is 0 Å². The molecule has 33 heavy (non-hydrogen) atoms. The fourth-order valence-electron chi connectivity index (χ4n) is 3.98. The largest absolute Gasteiger partial charge is 0.480 e. The van der Waals surface area contributed by atoms with Gasteiger partial charge in [0.15, 0.2) is 0 Å². The molecule has 0 bridgehead atoms. The van der Waals surface area contributed by atoms with Crippen LogP contribution in [-0.4, -0.2) is 45.1 Å². The maximum atomic E-state index is 6.15. The van der Waals surface area contributed by atoms with Gasteiger partial charge in [-0.2, -0.15) is 4.98 Å². The third kappa shape index (κ3) is 4.78. The highest BCUT2D eigenvalue weighted by Crippen LogP contribution is 2.30. The third-order valence-electron chi connectivity index (χ3n) is 6.05. The van der Waals surface area contributed by atoms with Gasteiger partial charge < -0.3 is 14.6 Å². The van der Waals surface area contributed by atoms with E-state index in [0.717, 1.165) is 58.4 Å². The quantitative estimate of drug-likeness (QED) is 0.365. The molecular weight excluding hydrogens is 436 g/mol. The van der Waals surface area contributed by atoms with Crippen molar-refractivity contribution in [3.05, 3.63) is 58.6 Å². The van der Waals surface area contributed by atoms with Crippen molar-refractivity contribution in [2.24, 2.45) is 0 Å². The van der Waals surface area contributed by atoms with E-state index < -0.39 is 0 Å². The van der Waals surface area contributed by atoms with Crippen LogP contribution in [0.2, 0.25) is 5.02 Å². The van der Waals surface area contributed by atoms with Crippen LogP contribution in [0, 0.1) is 6.92 Å². The maximum Gasteiger partial charge on any atom is 0.228 e. The molecule has 7 nitrogen and oxygen atoms in total. The second-order valence-electron chi connectivity index (χ2n) is 8.32. The van der Waals surface area contributed by atoms with Crippen LogP contribution in [0.3, 0.4) is 0 Å². The number of ether oxygens (including phenoxy) is 1. The highest BCUT2D eigenvalue weighted by atomic mass is 35.5. The fraction of sp³-hybridized carbons (Fsp3) is 0.360. The van der Waals surface area contributed by atoms with Crippen molar-refractivity contribution in [1.29, 1.82) is 0 Å². The van der Waals surface area contributed by atoms with Gasteiger partial charge in [0.05, 0.1) is 23.4 Å². The minimum atomic E-state index is 0.347. The Balaban J connectivity index is 1.61. The summed E-state index contributed by atoms with van der Waals surface area (Å²) in [5.74, 6) is 1.17. The second kappa shape index (κ2) is 9.75. The van der Waals surface area contributed by atoms with Crippen LogP contribution in [0.25, 0.3) is 22.3 Å². The standard InChI is InChI=1S/C25H29ClN6O/c1-6-7-15(2)32(4)25-29-14-21(24(31-25)33-5)22-9-8-17(16(3)30-22)10-18-12-27-23-20(18)11-19(26)13-28-23/h8-9,11-15H,6-7,10H2,1-5H3,(H,27,28). The number of aromatic nitrogens is 5. The van der Waals surface area contributed by atoms with Crippen molar-refractivity contribution in [3.63, 3.8) is 0 Å². The smallest absolute Gasteiger partial charge is 0.228 e. The van der Waals surface area contributed by atoms with Crippen LogP contribution < -0.4 is 9.64 Å². The molecule has 4 heterocycles. The first-order valence-electron chi connectivity index (χ1n) is 11.1. The maximum absolute atomic E-state index is 6.15. The summed E-state index contributed by atoms with van der Waals surface area (Å²) in [6, 6.07) is 6.37. The van der Waals surface area contributed by atoms with Crippen molar-refractivity contribution in [1.82, 2.24) is 24.9 Å².